The summed E-state index contributed by atoms with van der Waals surface area (Å²) < 4.78 is 4.77. The molecule has 0 radical (unpaired) electrons. The van der Waals surface area contributed by atoms with Crippen LogP contribution in [0.5, 0.6) is 0 Å². The Morgan fingerprint density at radius 3 is 2.47 bits per heavy atom. The fourth-order valence-electron chi connectivity index (χ4n) is 1.62. The van der Waals surface area contributed by atoms with Crippen molar-refractivity contribution in [1.29, 1.82) is 0 Å². The maximum atomic E-state index is 11.5. The van der Waals surface area contributed by atoms with Gasteiger partial charge in [0.15, 0.2) is 0 Å². The van der Waals surface area contributed by atoms with E-state index in [1.807, 2.05) is 32.0 Å². The zero-order valence-electron chi connectivity index (χ0n) is 11.0. The van der Waals surface area contributed by atoms with Gasteiger partial charge < -0.3 is 10.1 Å². The van der Waals surface area contributed by atoms with Gasteiger partial charge in [0, 0.05) is 12.6 Å². The summed E-state index contributed by atoms with van der Waals surface area (Å²) in [6.45, 7) is 6.44. The van der Waals surface area contributed by atoms with E-state index in [1.54, 1.807) is 0 Å². The fraction of sp³-hybridized carbons (Fsp3) is 0.500. The summed E-state index contributed by atoms with van der Waals surface area (Å²) in [5.74, 6) is -0.190. The van der Waals surface area contributed by atoms with Crippen LogP contribution < -0.4 is 5.32 Å². The van der Waals surface area contributed by atoms with Crippen LogP contribution in [0.4, 0.5) is 0 Å². The van der Waals surface area contributed by atoms with Crippen molar-refractivity contribution < 1.29 is 9.53 Å². The first-order valence-corrected chi connectivity index (χ1v) is 5.84. The van der Waals surface area contributed by atoms with Crippen molar-refractivity contribution >= 4 is 5.97 Å². The van der Waals surface area contributed by atoms with E-state index in [4.69, 9.17) is 4.74 Å². The van der Waals surface area contributed by atoms with E-state index in [-0.39, 0.29) is 12.0 Å². The third-order valence-electron chi connectivity index (χ3n) is 2.89. The van der Waals surface area contributed by atoms with Gasteiger partial charge in [-0.05, 0) is 26.3 Å². The number of nitrogens with one attached hydrogen (secondary N) is 1. The molecule has 1 rings (SSSR count). The van der Waals surface area contributed by atoms with Gasteiger partial charge in [0.25, 0.3) is 0 Å². The Labute approximate surface area is 103 Å². The molecule has 0 spiro atoms. The van der Waals surface area contributed by atoms with Crippen LogP contribution in [0.2, 0.25) is 0 Å². The topological polar surface area (TPSA) is 38.3 Å². The Kier molecular flexibility index (Phi) is 4.70. The highest BCUT2D eigenvalue weighted by Crippen LogP contribution is 2.18. The number of rotatable bonds is 5. The molecule has 0 amide bonds. The molecule has 3 nitrogen and oxygen atoms in total. The zero-order chi connectivity index (χ0) is 12.9. The summed E-state index contributed by atoms with van der Waals surface area (Å²) >= 11 is 0. The van der Waals surface area contributed by atoms with Gasteiger partial charge in [-0.1, -0.05) is 30.3 Å². The minimum Gasteiger partial charge on any atom is -0.469 e. The molecule has 0 bridgehead atoms. The molecule has 0 aromatic heterocycles. The molecule has 1 N–H and O–H groups in total. The van der Waals surface area contributed by atoms with Gasteiger partial charge in [-0.25, -0.2) is 0 Å². The molecule has 17 heavy (non-hydrogen) atoms. The molecule has 0 heterocycles. The van der Waals surface area contributed by atoms with E-state index in [1.165, 1.54) is 12.7 Å². The van der Waals surface area contributed by atoms with Crippen molar-refractivity contribution in [2.45, 2.75) is 26.8 Å². The zero-order valence-corrected chi connectivity index (χ0v) is 11.0. The van der Waals surface area contributed by atoms with E-state index in [0.717, 1.165) is 0 Å². The highest BCUT2D eigenvalue weighted by atomic mass is 16.5. The van der Waals surface area contributed by atoms with Crippen molar-refractivity contribution in [2.24, 2.45) is 5.41 Å². The summed E-state index contributed by atoms with van der Waals surface area (Å²) in [5, 5.41) is 3.35. The largest absolute Gasteiger partial charge is 0.469 e. The number of ether oxygens (including phenoxy) is 1. The number of carbonyl (C=O) groups is 1. The number of benzene rings is 1. The average Bonchev–Trinajstić information content (AvgIpc) is 2.36. The SMILES string of the molecule is COC(=O)C(C)(C)CNC(C)c1ccccc1. The summed E-state index contributed by atoms with van der Waals surface area (Å²) in [6.07, 6.45) is 0. The third-order valence-corrected chi connectivity index (χ3v) is 2.89. The second-order valence-corrected chi connectivity index (χ2v) is 4.89. The quantitative estimate of drug-likeness (QED) is 0.797. The lowest BCUT2D eigenvalue weighted by Crippen LogP contribution is -2.37. The van der Waals surface area contributed by atoms with Crippen LogP contribution in [-0.4, -0.2) is 19.6 Å². The second kappa shape index (κ2) is 5.82. The molecule has 0 aliphatic carbocycles. The Morgan fingerprint density at radius 2 is 1.94 bits per heavy atom. The van der Waals surface area contributed by atoms with Gasteiger partial charge in [0.2, 0.25) is 0 Å². The third kappa shape index (κ3) is 3.86. The molecule has 0 saturated heterocycles. The molecule has 1 atom stereocenters. The fourth-order valence-corrected chi connectivity index (χ4v) is 1.62. The average molecular weight is 235 g/mol. The first-order chi connectivity index (χ1) is 7.97. The van der Waals surface area contributed by atoms with Crippen LogP contribution in [0, 0.1) is 5.41 Å². The Bertz CT molecular complexity index is 360. The number of methoxy groups -OCH3 is 1. The van der Waals surface area contributed by atoms with Gasteiger partial charge in [-0.3, -0.25) is 4.79 Å². The number of hydrogen-bond acceptors (Lipinski definition) is 3. The first-order valence-electron chi connectivity index (χ1n) is 5.84. The van der Waals surface area contributed by atoms with Gasteiger partial charge in [-0.15, -0.1) is 0 Å². The highest BCUT2D eigenvalue weighted by molar-refractivity contribution is 5.76. The molecule has 1 aromatic carbocycles. The van der Waals surface area contributed by atoms with Crippen molar-refractivity contribution in [2.75, 3.05) is 13.7 Å². The number of hydrogen-bond donors (Lipinski definition) is 1. The van der Waals surface area contributed by atoms with Gasteiger partial charge >= 0.3 is 5.97 Å². The molecule has 1 aromatic rings. The lowest BCUT2D eigenvalue weighted by atomic mass is 9.93. The highest BCUT2D eigenvalue weighted by Gasteiger charge is 2.28. The van der Waals surface area contributed by atoms with Crippen molar-refractivity contribution in [3.05, 3.63) is 35.9 Å². The van der Waals surface area contributed by atoms with E-state index in [2.05, 4.69) is 24.4 Å². The van der Waals surface area contributed by atoms with Gasteiger partial charge in [0.05, 0.1) is 12.5 Å². The lowest BCUT2D eigenvalue weighted by molar-refractivity contribution is -0.150. The summed E-state index contributed by atoms with van der Waals surface area (Å²) in [5.41, 5.74) is 0.714. The molecular formula is C14H21NO2. The van der Waals surface area contributed by atoms with Crippen molar-refractivity contribution in [3.8, 4) is 0 Å². The molecule has 1 unspecified atom stereocenters. The minimum absolute atomic E-state index is 0.190. The van der Waals surface area contributed by atoms with E-state index >= 15 is 0 Å². The van der Waals surface area contributed by atoms with Crippen LogP contribution in [0.1, 0.15) is 32.4 Å². The van der Waals surface area contributed by atoms with E-state index in [9.17, 15) is 4.79 Å². The Hall–Kier alpha value is -1.35. The monoisotopic (exact) mass is 235 g/mol. The number of esters is 1. The second-order valence-electron chi connectivity index (χ2n) is 4.89. The molecular weight excluding hydrogens is 214 g/mol. The van der Waals surface area contributed by atoms with Gasteiger partial charge in [-0.2, -0.15) is 0 Å². The molecule has 0 fully saturated rings. The Morgan fingerprint density at radius 1 is 1.35 bits per heavy atom. The van der Waals surface area contributed by atoms with Crippen LogP contribution >= 0.6 is 0 Å². The predicted molar refractivity (Wildman–Crippen MR) is 68.7 cm³/mol. The van der Waals surface area contributed by atoms with E-state index in [0.29, 0.717) is 6.54 Å². The molecule has 0 aliphatic rings. The van der Waals surface area contributed by atoms with Crippen molar-refractivity contribution in [3.63, 3.8) is 0 Å². The number of carbonyl (C=O) groups excluding carboxylic acids is 1. The smallest absolute Gasteiger partial charge is 0.312 e. The van der Waals surface area contributed by atoms with E-state index < -0.39 is 5.41 Å². The maximum Gasteiger partial charge on any atom is 0.312 e. The first kappa shape index (κ1) is 13.7. The van der Waals surface area contributed by atoms with Crippen LogP contribution in [0.3, 0.4) is 0 Å². The molecule has 0 saturated carbocycles. The summed E-state index contributed by atoms with van der Waals surface area (Å²) in [4.78, 5) is 11.5. The molecule has 3 heteroatoms. The van der Waals surface area contributed by atoms with Crippen LogP contribution in [0.25, 0.3) is 0 Å². The minimum atomic E-state index is -0.502. The predicted octanol–water partition coefficient (Wildman–Crippen LogP) is 2.54. The maximum absolute atomic E-state index is 11.5. The normalized spacial score (nSPS) is 13.2. The lowest BCUT2D eigenvalue weighted by Gasteiger charge is -2.24. The molecule has 94 valence electrons. The standard InChI is InChI=1S/C14H21NO2/c1-11(12-8-6-5-7-9-12)15-10-14(2,3)13(16)17-4/h5-9,11,15H,10H2,1-4H3. The van der Waals surface area contributed by atoms with Gasteiger partial charge in [0.1, 0.15) is 0 Å². The summed E-state index contributed by atoms with van der Waals surface area (Å²) in [7, 11) is 1.42. The van der Waals surface area contributed by atoms with Crippen molar-refractivity contribution in [1.82, 2.24) is 5.32 Å². The van der Waals surface area contributed by atoms with Crippen LogP contribution in [-0.2, 0) is 9.53 Å². The Balaban J connectivity index is 2.54. The molecule has 0 aliphatic heterocycles. The summed E-state index contributed by atoms with van der Waals surface area (Å²) in [6, 6.07) is 10.4. The van der Waals surface area contributed by atoms with Crippen LogP contribution in [0.15, 0.2) is 30.3 Å².